The molecule has 1 aliphatic rings. The van der Waals surface area contributed by atoms with Crippen molar-refractivity contribution < 1.29 is 0 Å². The molecule has 2 heteroatoms. The molecular formula is C11H12N2. The van der Waals surface area contributed by atoms with Gasteiger partial charge in [0.2, 0.25) is 0 Å². The first-order chi connectivity index (χ1) is 6.31. The zero-order chi connectivity index (χ0) is 9.26. The van der Waals surface area contributed by atoms with Gasteiger partial charge in [-0.05, 0) is 24.5 Å². The van der Waals surface area contributed by atoms with Gasteiger partial charge in [0.25, 0.3) is 0 Å². The van der Waals surface area contributed by atoms with Gasteiger partial charge in [-0.3, -0.25) is 0 Å². The number of rotatable bonds is 0. The van der Waals surface area contributed by atoms with Crippen LogP contribution in [0.15, 0.2) is 24.3 Å². The Labute approximate surface area is 78.4 Å². The number of hydrogen-bond donors (Lipinski definition) is 0. The lowest BCUT2D eigenvalue weighted by atomic mass is 9.95. The van der Waals surface area contributed by atoms with Gasteiger partial charge in [-0.15, -0.1) is 0 Å². The predicted octanol–water partition coefficient (Wildman–Crippen LogP) is 1.91. The second kappa shape index (κ2) is 3.10. The number of benzene rings is 1. The van der Waals surface area contributed by atoms with Gasteiger partial charge >= 0.3 is 0 Å². The maximum absolute atomic E-state index is 8.86. The number of fused-ring (bicyclic) bond motifs is 1. The first-order valence-corrected chi connectivity index (χ1v) is 4.54. The van der Waals surface area contributed by atoms with Crippen LogP contribution in [0.5, 0.6) is 0 Å². The summed E-state index contributed by atoms with van der Waals surface area (Å²) in [6, 6.07) is 8.70. The fourth-order valence-corrected chi connectivity index (χ4v) is 1.81. The molecule has 2 nitrogen and oxygen atoms in total. The van der Waals surface area contributed by atoms with Crippen molar-refractivity contribution in [2.24, 2.45) is 0 Å². The third-order valence-corrected chi connectivity index (χ3v) is 2.63. The lowest BCUT2D eigenvalue weighted by Crippen LogP contribution is -2.34. The minimum atomic E-state index is 0.347. The third kappa shape index (κ3) is 1.38. The van der Waals surface area contributed by atoms with Gasteiger partial charge in [-0.25, -0.2) is 0 Å². The molecule has 1 aliphatic heterocycles. The van der Waals surface area contributed by atoms with Crippen LogP contribution in [0.1, 0.15) is 18.1 Å². The van der Waals surface area contributed by atoms with E-state index in [0.29, 0.717) is 6.04 Å². The molecule has 2 rings (SSSR count). The highest BCUT2D eigenvalue weighted by Gasteiger charge is 2.20. The van der Waals surface area contributed by atoms with Gasteiger partial charge in [-0.2, -0.15) is 5.26 Å². The topological polar surface area (TPSA) is 27.0 Å². The maximum atomic E-state index is 8.86. The minimum absolute atomic E-state index is 0.347. The van der Waals surface area contributed by atoms with Crippen molar-refractivity contribution >= 4 is 0 Å². The normalized spacial score (nSPS) is 20.6. The average molecular weight is 172 g/mol. The average Bonchev–Trinajstić information content (AvgIpc) is 2.17. The molecular weight excluding hydrogens is 160 g/mol. The monoisotopic (exact) mass is 172 g/mol. The Morgan fingerprint density at radius 1 is 1.38 bits per heavy atom. The molecule has 0 radical (unpaired) electrons. The van der Waals surface area contributed by atoms with E-state index in [-0.39, 0.29) is 0 Å². The first-order valence-electron chi connectivity index (χ1n) is 4.54. The first kappa shape index (κ1) is 8.12. The summed E-state index contributed by atoms with van der Waals surface area (Å²) >= 11 is 0. The Bertz CT molecular complexity index is 351. The third-order valence-electron chi connectivity index (χ3n) is 2.63. The van der Waals surface area contributed by atoms with Crippen LogP contribution in [-0.4, -0.2) is 10.9 Å². The van der Waals surface area contributed by atoms with Crippen LogP contribution in [0, 0.1) is 11.5 Å². The molecule has 0 saturated heterocycles. The zero-order valence-electron chi connectivity index (χ0n) is 7.70. The molecule has 0 fully saturated rings. The van der Waals surface area contributed by atoms with Crippen LogP contribution in [0.25, 0.3) is 0 Å². The summed E-state index contributed by atoms with van der Waals surface area (Å²) < 4.78 is 0. The molecule has 1 aromatic carbocycles. The van der Waals surface area contributed by atoms with Gasteiger partial charge in [0.15, 0.2) is 6.19 Å². The SMILES string of the molecule is CC1Cc2ccccc2CN1C#N. The van der Waals surface area contributed by atoms with Crippen molar-refractivity contribution in [3.05, 3.63) is 35.4 Å². The van der Waals surface area contributed by atoms with E-state index in [4.69, 9.17) is 5.26 Å². The zero-order valence-corrected chi connectivity index (χ0v) is 7.70. The fourth-order valence-electron chi connectivity index (χ4n) is 1.81. The standard InChI is InChI=1S/C11H12N2/c1-9-6-10-4-2-3-5-11(10)7-13(9)8-12/h2-5,9H,6-7H2,1H3. The lowest BCUT2D eigenvalue weighted by Gasteiger charge is -2.30. The van der Waals surface area contributed by atoms with Crippen LogP contribution >= 0.6 is 0 Å². The molecule has 1 aromatic rings. The Kier molecular flexibility index (Phi) is 1.94. The summed E-state index contributed by atoms with van der Waals surface area (Å²) in [7, 11) is 0. The molecule has 0 saturated carbocycles. The summed E-state index contributed by atoms with van der Waals surface area (Å²) in [4.78, 5) is 1.84. The molecule has 1 heterocycles. The Morgan fingerprint density at radius 2 is 2.08 bits per heavy atom. The van der Waals surface area contributed by atoms with E-state index in [1.165, 1.54) is 11.1 Å². The van der Waals surface area contributed by atoms with Crippen molar-refractivity contribution in [1.82, 2.24) is 4.90 Å². The summed E-state index contributed by atoms with van der Waals surface area (Å²) in [5.41, 5.74) is 2.68. The van der Waals surface area contributed by atoms with Crippen molar-refractivity contribution in [1.29, 1.82) is 5.26 Å². The molecule has 0 bridgehead atoms. The van der Waals surface area contributed by atoms with Crippen LogP contribution in [0.3, 0.4) is 0 Å². The molecule has 1 unspecified atom stereocenters. The second-order valence-electron chi connectivity index (χ2n) is 3.55. The molecule has 0 aliphatic carbocycles. The van der Waals surface area contributed by atoms with Crippen molar-refractivity contribution in [3.63, 3.8) is 0 Å². The van der Waals surface area contributed by atoms with E-state index in [1.54, 1.807) is 0 Å². The number of nitrogens with zero attached hydrogens (tertiary/aromatic N) is 2. The predicted molar refractivity (Wildman–Crippen MR) is 50.8 cm³/mol. The van der Waals surface area contributed by atoms with Crippen LogP contribution in [0.4, 0.5) is 0 Å². The van der Waals surface area contributed by atoms with Gasteiger partial charge in [0.1, 0.15) is 0 Å². The smallest absolute Gasteiger partial charge is 0.179 e. The van der Waals surface area contributed by atoms with E-state index >= 15 is 0 Å². The van der Waals surface area contributed by atoms with E-state index in [0.717, 1.165) is 13.0 Å². The summed E-state index contributed by atoms with van der Waals surface area (Å²) in [5.74, 6) is 0. The van der Waals surface area contributed by atoms with Gasteiger partial charge in [0.05, 0.1) is 6.54 Å². The highest BCUT2D eigenvalue weighted by molar-refractivity contribution is 5.30. The molecule has 1 atom stereocenters. The molecule has 66 valence electrons. The Hall–Kier alpha value is -1.49. The van der Waals surface area contributed by atoms with E-state index in [9.17, 15) is 0 Å². The van der Waals surface area contributed by atoms with Gasteiger partial charge in [0, 0.05) is 6.04 Å². The van der Waals surface area contributed by atoms with Gasteiger partial charge in [-0.1, -0.05) is 24.3 Å². The summed E-state index contributed by atoms with van der Waals surface area (Å²) in [6.45, 7) is 2.87. The highest BCUT2D eigenvalue weighted by atomic mass is 15.1. The summed E-state index contributed by atoms with van der Waals surface area (Å²) in [6.07, 6.45) is 3.22. The van der Waals surface area contributed by atoms with Crippen molar-refractivity contribution in [2.75, 3.05) is 0 Å². The van der Waals surface area contributed by atoms with Crippen molar-refractivity contribution in [2.45, 2.75) is 25.9 Å². The van der Waals surface area contributed by atoms with Crippen molar-refractivity contribution in [3.8, 4) is 6.19 Å². The Balaban J connectivity index is 2.34. The molecule has 0 spiro atoms. The molecule has 0 N–H and O–H groups in total. The molecule has 0 amide bonds. The Morgan fingerprint density at radius 3 is 2.77 bits per heavy atom. The van der Waals surface area contributed by atoms with Gasteiger partial charge < -0.3 is 4.90 Å². The highest BCUT2D eigenvalue weighted by Crippen LogP contribution is 2.21. The lowest BCUT2D eigenvalue weighted by molar-refractivity contribution is 0.278. The summed E-state index contributed by atoms with van der Waals surface area (Å²) in [5, 5.41) is 8.86. The number of nitriles is 1. The van der Waals surface area contributed by atoms with Crippen LogP contribution in [0.2, 0.25) is 0 Å². The minimum Gasteiger partial charge on any atom is -0.303 e. The molecule has 0 aromatic heterocycles. The largest absolute Gasteiger partial charge is 0.303 e. The van der Waals surface area contributed by atoms with Crippen LogP contribution in [-0.2, 0) is 13.0 Å². The maximum Gasteiger partial charge on any atom is 0.179 e. The second-order valence-corrected chi connectivity index (χ2v) is 3.55. The van der Waals surface area contributed by atoms with Crippen LogP contribution < -0.4 is 0 Å². The quantitative estimate of drug-likeness (QED) is 0.559. The fraction of sp³-hybridized carbons (Fsp3) is 0.364. The van der Waals surface area contributed by atoms with E-state index < -0.39 is 0 Å². The molecule has 13 heavy (non-hydrogen) atoms. The van der Waals surface area contributed by atoms with E-state index in [1.807, 2.05) is 11.0 Å². The van der Waals surface area contributed by atoms with E-state index in [2.05, 4.69) is 31.3 Å². The number of hydrogen-bond acceptors (Lipinski definition) is 2.